The molecule has 1 aliphatic carbocycles. The van der Waals surface area contributed by atoms with Crippen LogP contribution in [-0.2, 0) is 0 Å². The second-order valence-electron chi connectivity index (χ2n) is 7.26. The maximum absolute atomic E-state index is 4.02. The summed E-state index contributed by atoms with van der Waals surface area (Å²) in [6, 6.07) is 0.686. The summed E-state index contributed by atoms with van der Waals surface area (Å²) in [5.74, 6) is 0.926. The Bertz CT molecular complexity index is 294. The maximum Gasteiger partial charge on any atom is 0.0187 e. The van der Waals surface area contributed by atoms with E-state index in [4.69, 9.17) is 0 Å². The summed E-state index contributed by atoms with van der Waals surface area (Å²) in [5.41, 5.74) is 1.99. The number of nitrogens with zero attached hydrogens (tertiary/aromatic N) is 1. The number of hydrogen-bond donors (Lipinski definition) is 1. The van der Waals surface area contributed by atoms with Gasteiger partial charge in [0.05, 0.1) is 0 Å². The van der Waals surface area contributed by atoms with Crippen LogP contribution in [0.4, 0.5) is 0 Å². The van der Waals surface area contributed by atoms with Gasteiger partial charge in [0, 0.05) is 25.7 Å². The second kappa shape index (κ2) is 6.41. The van der Waals surface area contributed by atoms with Crippen molar-refractivity contribution in [3.8, 4) is 0 Å². The van der Waals surface area contributed by atoms with Crippen molar-refractivity contribution >= 4 is 0 Å². The molecule has 0 amide bonds. The molecule has 0 radical (unpaired) electrons. The van der Waals surface area contributed by atoms with Gasteiger partial charge in [0.25, 0.3) is 0 Å². The molecule has 0 bridgehead atoms. The van der Waals surface area contributed by atoms with E-state index in [2.05, 4.69) is 37.6 Å². The monoisotopic (exact) mass is 264 g/mol. The number of hydrogen-bond acceptors (Lipinski definition) is 2. The Hall–Kier alpha value is -0.340. The molecule has 2 rings (SSSR count). The molecule has 1 N–H and O–H groups in total. The third kappa shape index (κ3) is 4.06. The highest BCUT2D eigenvalue weighted by Gasteiger charge is 2.44. The second-order valence-corrected chi connectivity index (χ2v) is 7.26. The van der Waals surface area contributed by atoms with E-state index < -0.39 is 0 Å². The van der Waals surface area contributed by atoms with Crippen molar-refractivity contribution < 1.29 is 0 Å². The highest BCUT2D eigenvalue weighted by molar-refractivity contribution is 5.02. The molecule has 2 nitrogen and oxygen atoms in total. The van der Waals surface area contributed by atoms with Gasteiger partial charge < -0.3 is 5.32 Å². The van der Waals surface area contributed by atoms with Gasteiger partial charge in [-0.3, -0.25) is 4.90 Å². The first-order valence-corrected chi connectivity index (χ1v) is 8.13. The predicted molar refractivity (Wildman–Crippen MR) is 83.4 cm³/mol. The van der Waals surface area contributed by atoms with Crippen LogP contribution in [0.1, 0.15) is 52.9 Å². The Morgan fingerprint density at radius 2 is 2.00 bits per heavy atom. The minimum atomic E-state index is 0.683. The summed E-state index contributed by atoms with van der Waals surface area (Å²) in [4.78, 5) is 2.57. The van der Waals surface area contributed by atoms with E-state index in [1.54, 1.807) is 0 Å². The Labute approximate surface area is 119 Å². The number of rotatable bonds is 6. The van der Waals surface area contributed by atoms with Crippen molar-refractivity contribution in [1.82, 2.24) is 10.2 Å². The standard InChI is InChI=1S/C17H32N2/c1-5-15(4)18-10-16-6-8-17(9-7-16)12-19(13-17)11-14(2)3/h15-16,18H,2,5-13H2,1,3-4H3. The van der Waals surface area contributed by atoms with Gasteiger partial charge in [-0.1, -0.05) is 19.1 Å². The van der Waals surface area contributed by atoms with Crippen molar-refractivity contribution in [2.45, 2.75) is 58.9 Å². The van der Waals surface area contributed by atoms with Crippen LogP contribution in [0.5, 0.6) is 0 Å². The largest absolute Gasteiger partial charge is 0.314 e. The Kier molecular flexibility index (Phi) is 5.08. The highest BCUT2D eigenvalue weighted by atomic mass is 15.2. The molecule has 0 aromatic rings. The summed E-state index contributed by atoms with van der Waals surface area (Å²) in [6.07, 6.45) is 7.01. The van der Waals surface area contributed by atoms with Gasteiger partial charge in [-0.15, -0.1) is 0 Å². The van der Waals surface area contributed by atoms with Crippen molar-refractivity contribution in [1.29, 1.82) is 0 Å². The summed E-state index contributed by atoms with van der Waals surface area (Å²) >= 11 is 0. The lowest BCUT2D eigenvalue weighted by Gasteiger charge is -2.54. The fraction of sp³-hybridized carbons (Fsp3) is 0.882. The van der Waals surface area contributed by atoms with Gasteiger partial charge in [0.15, 0.2) is 0 Å². The fourth-order valence-corrected chi connectivity index (χ4v) is 3.72. The van der Waals surface area contributed by atoms with Crippen LogP contribution in [0.25, 0.3) is 0 Å². The van der Waals surface area contributed by atoms with Gasteiger partial charge >= 0.3 is 0 Å². The molecule has 110 valence electrons. The van der Waals surface area contributed by atoms with E-state index in [1.807, 2.05) is 0 Å². The van der Waals surface area contributed by atoms with Crippen LogP contribution in [-0.4, -0.2) is 37.1 Å². The van der Waals surface area contributed by atoms with Crippen LogP contribution in [0.3, 0.4) is 0 Å². The van der Waals surface area contributed by atoms with Gasteiger partial charge in [-0.2, -0.15) is 0 Å². The molecule has 19 heavy (non-hydrogen) atoms. The zero-order chi connectivity index (χ0) is 13.9. The molecule has 1 atom stereocenters. The topological polar surface area (TPSA) is 15.3 Å². The summed E-state index contributed by atoms with van der Waals surface area (Å²) < 4.78 is 0. The third-order valence-electron chi connectivity index (χ3n) is 5.14. The molecule has 1 aliphatic heterocycles. The van der Waals surface area contributed by atoms with Gasteiger partial charge in [-0.05, 0) is 63.8 Å². The smallest absolute Gasteiger partial charge is 0.0187 e. The van der Waals surface area contributed by atoms with Crippen molar-refractivity contribution in [2.24, 2.45) is 11.3 Å². The molecule has 2 heteroatoms. The summed E-state index contributed by atoms with van der Waals surface area (Å²) in [5, 5.41) is 3.68. The first-order chi connectivity index (χ1) is 9.03. The third-order valence-corrected chi connectivity index (χ3v) is 5.14. The first kappa shape index (κ1) is 15.1. The SMILES string of the molecule is C=C(C)CN1CC2(CCC(CNC(C)CC)CC2)C1. The molecule has 0 aromatic carbocycles. The van der Waals surface area contributed by atoms with E-state index in [0.29, 0.717) is 11.5 Å². The number of likely N-dealkylation sites (tertiary alicyclic amines) is 1. The lowest BCUT2D eigenvalue weighted by Crippen LogP contribution is -2.58. The maximum atomic E-state index is 4.02. The van der Waals surface area contributed by atoms with Gasteiger partial charge in [0.2, 0.25) is 0 Å². The summed E-state index contributed by atoms with van der Waals surface area (Å²) in [7, 11) is 0. The molecular formula is C17H32N2. The fourth-order valence-electron chi connectivity index (χ4n) is 3.72. The number of nitrogens with one attached hydrogen (secondary N) is 1. The lowest BCUT2D eigenvalue weighted by molar-refractivity contribution is -0.0320. The van der Waals surface area contributed by atoms with Crippen molar-refractivity contribution in [3.05, 3.63) is 12.2 Å². The van der Waals surface area contributed by atoms with E-state index in [9.17, 15) is 0 Å². The molecular weight excluding hydrogens is 232 g/mol. The molecule has 1 saturated carbocycles. The molecule has 1 saturated heterocycles. The van der Waals surface area contributed by atoms with E-state index in [-0.39, 0.29) is 0 Å². The van der Waals surface area contributed by atoms with Crippen LogP contribution in [0.2, 0.25) is 0 Å². The Morgan fingerprint density at radius 1 is 1.37 bits per heavy atom. The molecule has 2 aliphatic rings. The normalized spacial score (nSPS) is 25.2. The molecule has 0 aromatic heterocycles. The molecule has 2 fully saturated rings. The Balaban J connectivity index is 1.65. The van der Waals surface area contributed by atoms with Crippen LogP contribution in [0.15, 0.2) is 12.2 Å². The minimum Gasteiger partial charge on any atom is -0.314 e. The quantitative estimate of drug-likeness (QED) is 0.739. The average Bonchev–Trinajstić information content (AvgIpc) is 2.35. The van der Waals surface area contributed by atoms with E-state index in [0.717, 1.165) is 12.5 Å². The Morgan fingerprint density at radius 3 is 2.53 bits per heavy atom. The average molecular weight is 264 g/mol. The van der Waals surface area contributed by atoms with E-state index >= 15 is 0 Å². The zero-order valence-corrected chi connectivity index (χ0v) is 13.2. The van der Waals surface area contributed by atoms with Crippen molar-refractivity contribution in [2.75, 3.05) is 26.2 Å². The lowest BCUT2D eigenvalue weighted by atomic mass is 9.66. The molecule has 1 heterocycles. The molecule has 1 unspecified atom stereocenters. The van der Waals surface area contributed by atoms with Gasteiger partial charge in [0.1, 0.15) is 0 Å². The zero-order valence-electron chi connectivity index (χ0n) is 13.2. The summed E-state index contributed by atoms with van der Waals surface area (Å²) in [6.45, 7) is 15.7. The predicted octanol–water partition coefficient (Wildman–Crippen LogP) is 3.44. The van der Waals surface area contributed by atoms with Crippen LogP contribution in [0, 0.1) is 11.3 Å². The van der Waals surface area contributed by atoms with Gasteiger partial charge in [-0.25, -0.2) is 0 Å². The minimum absolute atomic E-state index is 0.683. The molecule has 1 spiro atoms. The van der Waals surface area contributed by atoms with Crippen molar-refractivity contribution in [3.63, 3.8) is 0 Å². The highest BCUT2D eigenvalue weighted by Crippen LogP contribution is 2.45. The van der Waals surface area contributed by atoms with Crippen LogP contribution >= 0.6 is 0 Å². The first-order valence-electron chi connectivity index (χ1n) is 8.13. The van der Waals surface area contributed by atoms with E-state index in [1.165, 1.54) is 57.3 Å². The van der Waals surface area contributed by atoms with Crippen LogP contribution < -0.4 is 5.32 Å².